The van der Waals surface area contributed by atoms with Crippen molar-refractivity contribution in [1.82, 2.24) is 4.31 Å². The van der Waals surface area contributed by atoms with Crippen LogP contribution in [0, 0.1) is 11.8 Å². The maximum absolute atomic E-state index is 12.5. The molecule has 2 heterocycles. The fourth-order valence-corrected chi connectivity index (χ4v) is 5.90. The molecule has 28 heavy (non-hydrogen) atoms. The smallest absolute Gasteiger partial charge is 0.216 e. The molecule has 0 radical (unpaired) electrons. The van der Waals surface area contributed by atoms with Gasteiger partial charge in [0, 0.05) is 31.9 Å². The number of rotatable bonds is 4. The molecule has 0 spiro atoms. The molecule has 0 unspecified atom stereocenters. The molecule has 2 aliphatic heterocycles. The topological polar surface area (TPSA) is 40.6 Å². The van der Waals surface area contributed by atoms with Gasteiger partial charge in [-0.15, -0.1) is 0 Å². The highest BCUT2D eigenvalue weighted by molar-refractivity contribution is 7.89. The summed E-state index contributed by atoms with van der Waals surface area (Å²) >= 11 is 0. The Hall–Kier alpha value is -1.85. The molecule has 2 aliphatic rings. The highest BCUT2D eigenvalue weighted by atomic mass is 32.2. The Morgan fingerprint density at radius 1 is 0.821 bits per heavy atom. The van der Waals surface area contributed by atoms with Crippen LogP contribution in [0.15, 0.2) is 54.6 Å². The van der Waals surface area contributed by atoms with Gasteiger partial charge < -0.3 is 4.90 Å². The average molecular weight is 399 g/mol. The molecule has 2 aromatic rings. The molecule has 2 aromatic carbocycles. The van der Waals surface area contributed by atoms with Gasteiger partial charge in [-0.05, 0) is 61.8 Å². The largest absolute Gasteiger partial charge is 0.371 e. The number of anilines is 1. The van der Waals surface area contributed by atoms with Gasteiger partial charge in [0.25, 0.3) is 0 Å². The summed E-state index contributed by atoms with van der Waals surface area (Å²) in [6.07, 6.45) is 1.93. The standard InChI is InChI=1S/C23H30N2O2S/c1-18(2)28(26,27)25-14-12-21-16-24(17-22(21)13-15-25)23-10-8-20(9-11-23)19-6-4-3-5-7-19/h3-11,18,21-22H,12-17H2,1-2H3/t21-,22+. The Morgan fingerprint density at radius 2 is 1.36 bits per heavy atom. The van der Waals surface area contributed by atoms with Gasteiger partial charge in [-0.2, -0.15) is 0 Å². The fourth-order valence-electron chi connectivity index (χ4n) is 4.58. The van der Waals surface area contributed by atoms with E-state index >= 15 is 0 Å². The third-order valence-corrected chi connectivity index (χ3v) is 8.65. The minimum absolute atomic E-state index is 0.329. The highest BCUT2D eigenvalue weighted by Gasteiger charge is 2.37. The third kappa shape index (κ3) is 3.83. The monoisotopic (exact) mass is 398 g/mol. The first kappa shape index (κ1) is 19.5. The van der Waals surface area contributed by atoms with E-state index in [1.165, 1.54) is 16.8 Å². The van der Waals surface area contributed by atoms with Gasteiger partial charge in [0.15, 0.2) is 0 Å². The second kappa shape index (κ2) is 7.88. The molecule has 0 amide bonds. The lowest BCUT2D eigenvalue weighted by molar-refractivity contribution is 0.409. The molecule has 5 heteroatoms. The summed E-state index contributed by atoms with van der Waals surface area (Å²) in [6.45, 7) is 6.96. The molecular weight excluding hydrogens is 368 g/mol. The van der Waals surface area contributed by atoms with E-state index in [-0.39, 0.29) is 5.25 Å². The zero-order chi connectivity index (χ0) is 19.7. The van der Waals surface area contributed by atoms with E-state index in [0.29, 0.717) is 24.9 Å². The molecule has 0 N–H and O–H groups in total. The van der Waals surface area contributed by atoms with Gasteiger partial charge in [-0.25, -0.2) is 12.7 Å². The molecule has 4 rings (SSSR count). The van der Waals surface area contributed by atoms with Crippen LogP contribution < -0.4 is 4.90 Å². The summed E-state index contributed by atoms with van der Waals surface area (Å²) in [4.78, 5) is 2.48. The zero-order valence-electron chi connectivity index (χ0n) is 16.8. The number of fused-ring (bicyclic) bond motifs is 1. The van der Waals surface area contributed by atoms with Crippen molar-refractivity contribution in [2.45, 2.75) is 31.9 Å². The molecule has 0 bridgehead atoms. The predicted molar refractivity (Wildman–Crippen MR) is 116 cm³/mol. The lowest BCUT2D eigenvalue weighted by atomic mass is 9.92. The first-order valence-corrected chi connectivity index (χ1v) is 11.8. The SMILES string of the molecule is CC(C)S(=O)(=O)N1CC[C@@H]2CN(c3ccc(-c4ccccc4)cc3)C[C@@H]2CC1. The van der Waals surface area contributed by atoms with Crippen molar-refractivity contribution in [2.24, 2.45) is 11.8 Å². The number of nitrogens with zero attached hydrogens (tertiary/aromatic N) is 2. The van der Waals surface area contributed by atoms with Gasteiger partial charge in [-0.3, -0.25) is 0 Å². The Labute approximate surface area is 169 Å². The van der Waals surface area contributed by atoms with Crippen molar-refractivity contribution in [3.05, 3.63) is 54.6 Å². The van der Waals surface area contributed by atoms with E-state index in [1.54, 1.807) is 18.2 Å². The van der Waals surface area contributed by atoms with E-state index in [4.69, 9.17) is 0 Å². The predicted octanol–water partition coefficient (Wildman–Crippen LogP) is 4.24. The second-order valence-electron chi connectivity index (χ2n) is 8.41. The number of sulfonamides is 1. The second-order valence-corrected chi connectivity index (χ2v) is 10.9. The summed E-state index contributed by atoms with van der Waals surface area (Å²) < 4.78 is 26.7. The molecule has 0 aliphatic carbocycles. The molecule has 0 aromatic heterocycles. The van der Waals surface area contributed by atoms with Crippen LogP contribution in [0.5, 0.6) is 0 Å². The van der Waals surface area contributed by atoms with Gasteiger partial charge in [0.1, 0.15) is 0 Å². The van der Waals surface area contributed by atoms with Crippen LogP contribution in [0.1, 0.15) is 26.7 Å². The van der Waals surface area contributed by atoms with Crippen molar-refractivity contribution in [3.8, 4) is 11.1 Å². The summed E-state index contributed by atoms with van der Waals surface area (Å²) in [5, 5.41) is -0.329. The summed E-state index contributed by atoms with van der Waals surface area (Å²) in [5.74, 6) is 1.17. The van der Waals surface area contributed by atoms with Crippen molar-refractivity contribution in [1.29, 1.82) is 0 Å². The molecule has 2 atom stereocenters. The molecule has 2 saturated heterocycles. The van der Waals surface area contributed by atoms with E-state index in [0.717, 1.165) is 25.9 Å². The van der Waals surface area contributed by atoms with Crippen LogP contribution in [0.25, 0.3) is 11.1 Å². The van der Waals surface area contributed by atoms with Crippen molar-refractivity contribution in [3.63, 3.8) is 0 Å². The Kier molecular flexibility index (Phi) is 5.48. The van der Waals surface area contributed by atoms with Crippen LogP contribution in [0.3, 0.4) is 0 Å². The third-order valence-electron chi connectivity index (χ3n) is 6.37. The lowest BCUT2D eigenvalue weighted by Gasteiger charge is -2.24. The molecular formula is C23H30N2O2S. The average Bonchev–Trinajstić information content (AvgIpc) is 3.01. The van der Waals surface area contributed by atoms with E-state index in [1.807, 2.05) is 6.07 Å². The molecule has 150 valence electrons. The Bertz CT molecular complexity index is 878. The highest BCUT2D eigenvalue weighted by Crippen LogP contribution is 2.36. The van der Waals surface area contributed by atoms with Crippen molar-refractivity contribution < 1.29 is 8.42 Å². The lowest BCUT2D eigenvalue weighted by Crippen LogP contribution is -2.37. The number of benzene rings is 2. The maximum atomic E-state index is 12.5. The molecule has 4 nitrogen and oxygen atoms in total. The first-order chi connectivity index (χ1) is 13.4. The minimum Gasteiger partial charge on any atom is -0.371 e. The van der Waals surface area contributed by atoms with Crippen LogP contribution in [-0.4, -0.2) is 44.2 Å². The van der Waals surface area contributed by atoms with Crippen LogP contribution >= 0.6 is 0 Å². The van der Waals surface area contributed by atoms with Gasteiger partial charge in [-0.1, -0.05) is 42.5 Å². The van der Waals surface area contributed by atoms with Crippen LogP contribution in [-0.2, 0) is 10.0 Å². The molecule has 0 saturated carbocycles. The van der Waals surface area contributed by atoms with E-state index < -0.39 is 10.0 Å². The number of hydrogen-bond acceptors (Lipinski definition) is 3. The molecule has 2 fully saturated rings. The number of hydrogen-bond donors (Lipinski definition) is 0. The van der Waals surface area contributed by atoms with Gasteiger partial charge >= 0.3 is 0 Å². The Balaban J connectivity index is 1.42. The van der Waals surface area contributed by atoms with Crippen LogP contribution in [0.4, 0.5) is 5.69 Å². The van der Waals surface area contributed by atoms with Gasteiger partial charge in [0.05, 0.1) is 5.25 Å². The summed E-state index contributed by atoms with van der Waals surface area (Å²) in [5.41, 5.74) is 3.76. The quantitative estimate of drug-likeness (QED) is 0.773. The van der Waals surface area contributed by atoms with Gasteiger partial charge in [0.2, 0.25) is 10.0 Å². The van der Waals surface area contributed by atoms with Crippen molar-refractivity contribution in [2.75, 3.05) is 31.1 Å². The zero-order valence-corrected chi connectivity index (χ0v) is 17.6. The minimum atomic E-state index is -3.13. The van der Waals surface area contributed by atoms with Crippen molar-refractivity contribution >= 4 is 15.7 Å². The summed E-state index contributed by atoms with van der Waals surface area (Å²) in [7, 11) is -3.13. The fraction of sp³-hybridized carbons (Fsp3) is 0.478. The Morgan fingerprint density at radius 3 is 1.89 bits per heavy atom. The van der Waals surface area contributed by atoms with E-state index in [2.05, 4.69) is 53.4 Å². The summed E-state index contributed by atoms with van der Waals surface area (Å²) in [6, 6.07) is 19.3. The van der Waals surface area contributed by atoms with E-state index in [9.17, 15) is 8.42 Å². The first-order valence-electron chi connectivity index (χ1n) is 10.3. The van der Waals surface area contributed by atoms with Crippen LogP contribution in [0.2, 0.25) is 0 Å². The maximum Gasteiger partial charge on any atom is 0.216 e. The normalized spacial score (nSPS) is 23.6.